The Morgan fingerprint density at radius 1 is 1.00 bits per heavy atom. The number of benzene rings is 1. The van der Waals surface area contributed by atoms with Crippen molar-refractivity contribution in [2.24, 2.45) is 11.8 Å². The molecule has 0 radical (unpaired) electrons. The van der Waals surface area contributed by atoms with E-state index in [1.807, 2.05) is 13.8 Å². The fourth-order valence-electron chi connectivity index (χ4n) is 4.23. The Bertz CT molecular complexity index is 633. The van der Waals surface area contributed by atoms with Gasteiger partial charge >= 0.3 is 12.4 Å². The topological polar surface area (TPSA) is 15.3 Å². The smallest absolute Gasteiger partial charge is 0.311 e. The van der Waals surface area contributed by atoms with Gasteiger partial charge < -0.3 is 5.32 Å². The minimum atomic E-state index is -4.43. The molecule has 0 spiro atoms. The lowest BCUT2D eigenvalue weighted by Crippen LogP contribution is -2.57. The van der Waals surface area contributed by atoms with E-state index in [0.29, 0.717) is 18.7 Å². The van der Waals surface area contributed by atoms with Crippen LogP contribution in [-0.4, -0.2) is 36.2 Å². The maximum atomic E-state index is 13.0. The molecule has 27 heavy (non-hydrogen) atoms. The van der Waals surface area contributed by atoms with Crippen LogP contribution in [-0.2, 0) is 6.18 Å². The normalized spacial score (nSPS) is 31.4. The van der Waals surface area contributed by atoms with E-state index in [0.717, 1.165) is 12.1 Å². The summed E-state index contributed by atoms with van der Waals surface area (Å²) in [5.41, 5.74) is -0.0805. The molecule has 1 saturated heterocycles. The number of nitrogens with zero attached hydrogens (tertiary/aromatic N) is 1. The van der Waals surface area contributed by atoms with Gasteiger partial charge in [0.05, 0.1) is 11.5 Å². The summed E-state index contributed by atoms with van der Waals surface area (Å²) in [5, 5.41) is 3.33. The predicted octanol–water partition coefficient (Wildman–Crippen LogP) is 5.02. The minimum Gasteiger partial charge on any atom is -0.311 e. The average molecular weight is 394 g/mol. The molecular weight excluding hydrogens is 370 g/mol. The highest BCUT2D eigenvalue weighted by molar-refractivity contribution is 5.28. The fourth-order valence-corrected chi connectivity index (χ4v) is 4.23. The predicted molar refractivity (Wildman–Crippen MR) is 90.1 cm³/mol. The molecular formula is C19H24F6N2. The van der Waals surface area contributed by atoms with Gasteiger partial charge in [-0.3, -0.25) is 4.90 Å². The summed E-state index contributed by atoms with van der Waals surface area (Å²) < 4.78 is 77.5. The molecule has 1 aliphatic heterocycles. The Hall–Kier alpha value is -1.28. The highest BCUT2D eigenvalue weighted by atomic mass is 19.4. The van der Waals surface area contributed by atoms with Crippen LogP contribution < -0.4 is 5.32 Å². The van der Waals surface area contributed by atoms with Crippen molar-refractivity contribution >= 4 is 0 Å². The molecule has 0 bridgehead atoms. The Labute approximate surface area is 154 Å². The zero-order valence-corrected chi connectivity index (χ0v) is 15.2. The minimum absolute atomic E-state index is 0.0280. The Kier molecular flexibility index (Phi) is 5.51. The molecule has 3 atom stereocenters. The highest BCUT2D eigenvalue weighted by Crippen LogP contribution is 2.51. The van der Waals surface area contributed by atoms with Crippen molar-refractivity contribution in [3.8, 4) is 0 Å². The van der Waals surface area contributed by atoms with Gasteiger partial charge in [0.2, 0.25) is 0 Å². The van der Waals surface area contributed by atoms with Crippen LogP contribution in [0.2, 0.25) is 0 Å². The van der Waals surface area contributed by atoms with Crippen LogP contribution in [0.3, 0.4) is 0 Å². The largest absolute Gasteiger partial charge is 0.416 e. The third-order valence-electron chi connectivity index (χ3n) is 5.83. The lowest BCUT2D eigenvalue weighted by Gasteiger charge is -2.50. The molecule has 1 aromatic carbocycles. The van der Waals surface area contributed by atoms with E-state index >= 15 is 0 Å². The van der Waals surface area contributed by atoms with Crippen molar-refractivity contribution in [2.45, 2.75) is 57.2 Å². The lowest BCUT2D eigenvalue weighted by molar-refractivity contribution is -0.211. The van der Waals surface area contributed by atoms with E-state index in [4.69, 9.17) is 0 Å². The standard InChI is InChI=1S/C19H24F6N2/c1-11-10-27(12(2)9-26-11)17(14-7-16(8-14)19(23,24)25)13-3-5-15(6-4-13)18(20,21)22/h3-6,11-12,14,16-17,26H,7-10H2,1-2H3/t11-,12+,14-,16-,17?/m0/s1. The number of halogens is 6. The maximum absolute atomic E-state index is 13.0. The molecule has 2 nitrogen and oxygen atoms in total. The van der Waals surface area contributed by atoms with Crippen molar-refractivity contribution in [3.63, 3.8) is 0 Å². The first kappa shape index (κ1) is 20.5. The molecule has 0 amide bonds. The van der Waals surface area contributed by atoms with Crippen LogP contribution in [0.25, 0.3) is 0 Å². The summed E-state index contributed by atoms with van der Waals surface area (Å²) in [4.78, 5) is 2.15. The lowest BCUT2D eigenvalue weighted by atomic mass is 9.68. The van der Waals surface area contributed by atoms with Gasteiger partial charge in [-0.25, -0.2) is 0 Å². The van der Waals surface area contributed by atoms with Crippen molar-refractivity contribution in [1.82, 2.24) is 10.2 Å². The molecule has 1 saturated carbocycles. The van der Waals surface area contributed by atoms with Crippen LogP contribution in [0, 0.1) is 11.8 Å². The Balaban J connectivity index is 1.86. The summed E-state index contributed by atoms with van der Waals surface area (Å²) >= 11 is 0. The first-order valence-electron chi connectivity index (χ1n) is 9.19. The van der Waals surface area contributed by atoms with Gasteiger partial charge in [-0.15, -0.1) is 0 Å². The molecule has 1 unspecified atom stereocenters. The van der Waals surface area contributed by atoms with E-state index in [1.165, 1.54) is 12.1 Å². The van der Waals surface area contributed by atoms with Gasteiger partial charge in [-0.2, -0.15) is 26.3 Å². The second-order valence-corrected chi connectivity index (χ2v) is 7.89. The van der Waals surface area contributed by atoms with Crippen LogP contribution in [0.4, 0.5) is 26.3 Å². The van der Waals surface area contributed by atoms with Gasteiger partial charge in [0.1, 0.15) is 0 Å². The Morgan fingerprint density at radius 2 is 1.59 bits per heavy atom. The molecule has 1 N–H and O–H groups in total. The number of piperazine rings is 1. The zero-order valence-electron chi connectivity index (χ0n) is 15.2. The molecule has 8 heteroatoms. The SMILES string of the molecule is C[C@@H]1CN[C@@H](C)CN1C(c1ccc(C(F)(F)F)cc1)[C@H]1C[C@H](C(F)(F)F)C1. The molecule has 152 valence electrons. The van der Waals surface area contributed by atoms with E-state index in [1.54, 1.807) is 0 Å². The van der Waals surface area contributed by atoms with Crippen LogP contribution >= 0.6 is 0 Å². The van der Waals surface area contributed by atoms with E-state index in [-0.39, 0.29) is 36.9 Å². The van der Waals surface area contributed by atoms with E-state index < -0.39 is 23.8 Å². The third kappa shape index (κ3) is 4.42. The molecule has 3 rings (SSSR count). The number of nitrogens with one attached hydrogen (secondary N) is 1. The van der Waals surface area contributed by atoms with Gasteiger partial charge in [0.25, 0.3) is 0 Å². The van der Waals surface area contributed by atoms with Crippen LogP contribution in [0.15, 0.2) is 24.3 Å². The Morgan fingerprint density at radius 3 is 2.11 bits per heavy atom. The van der Waals surface area contributed by atoms with Gasteiger partial charge in [0.15, 0.2) is 0 Å². The number of rotatable bonds is 3. The maximum Gasteiger partial charge on any atom is 0.416 e. The van der Waals surface area contributed by atoms with Crippen LogP contribution in [0.5, 0.6) is 0 Å². The number of hydrogen-bond acceptors (Lipinski definition) is 2. The second-order valence-electron chi connectivity index (χ2n) is 7.89. The summed E-state index contributed by atoms with van der Waals surface area (Å²) in [6.45, 7) is 5.35. The van der Waals surface area contributed by atoms with Crippen molar-refractivity contribution < 1.29 is 26.3 Å². The van der Waals surface area contributed by atoms with Gasteiger partial charge in [-0.1, -0.05) is 12.1 Å². The van der Waals surface area contributed by atoms with Crippen molar-refractivity contribution in [1.29, 1.82) is 0 Å². The highest BCUT2D eigenvalue weighted by Gasteiger charge is 2.51. The zero-order chi connectivity index (χ0) is 20.0. The number of alkyl halides is 6. The van der Waals surface area contributed by atoms with Gasteiger partial charge in [-0.05, 0) is 50.3 Å². The monoisotopic (exact) mass is 394 g/mol. The fraction of sp³-hybridized carbons (Fsp3) is 0.684. The molecule has 1 aromatic rings. The quantitative estimate of drug-likeness (QED) is 0.725. The first-order valence-corrected chi connectivity index (χ1v) is 9.19. The molecule has 1 aliphatic carbocycles. The average Bonchev–Trinajstić information content (AvgIpc) is 2.51. The van der Waals surface area contributed by atoms with Crippen molar-refractivity contribution in [2.75, 3.05) is 13.1 Å². The molecule has 1 heterocycles. The summed E-state index contributed by atoms with van der Waals surface area (Å²) in [6.07, 6.45) is -8.58. The molecule has 0 aromatic heterocycles. The summed E-state index contributed by atoms with van der Waals surface area (Å²) in [5.74, 6) is -1.52. The van der Waals surface area contributed by atoms with Crippen LogP contribution in [0.1, 0.15) is 43.9 Å². The second kappa shape index (κ2) is 7.28. The third-order valence-corrected chi connectivity index (χ3v) is 5.83. The summed E-state index contributed by atoms with van der Waals surface area (Å²) in [7, 11) is 0. The van der Waals surface area contributed by atoms with Gasteiger partial charge in [0, 0.05) is 31.2 Å². The molecule has 2 aliphatic rings. The molecule has 2 fully saturated rings. The first-order chi connectivity index (χ1) is 12.5. The van der Waals surface area contributed by atoms with E-state index in [2.05, 4.69) is 10.2 Å². The van der Waals surface area contributed by atoms with E-state index in [9.17, 15) is 26.3 Å². The number of hydrogen-bond donors (Lipinski definition) is 1. The summed E-state index contributed by atoms with van der Waals surface area (Å²) in [6, 6.07) is 4.87. The van der Waals surface area contributed by atoms with Crippen molar-refractivity contribution in [3.05, 3.63) is 35.4 Å².